The molecular formula is C11H19NO2. The molecule has 80 valence electrons. The SMILES string of the molecule is CC(=O)C1CCN(C(=O)C(C)(C)C)C1. The van der Waals surface area contributed by atoms with Crippen LogP contribution in [0.4, 0.5) is 0 Å². The van der Waals surface area contributed by atoms with Crippen molar-refractivity contribution in [3.05, 3.63) is 0 Å². The van der Waals surface area contributed by atoms with Gasteiger partial charge >= 0.3 is 0 Å². The molecule has 1 rings (SSSR count). The molecule has 3 nitrogen and oxygen atoms in total. The molecule has 1 fully saturated rings. The Morgan fingerprint density at radius 2 is 1.86 bits per heavy atom. The highest BCUT2D eigenvalue weighted by Gasteiger charge is 2.34. The molecule has 3 heteroatoms. The molecule has 1 heterocycles. The molecule has 14 heavy (non-hydrogen) atoms. The fourth-order valence-electron chi connectivity index (χ4n) is 1.75. The third-order valence-corrected chi connectivity index (χ3v) is 2.69. The lowest BCUT2D eigenvalue weighted by Gasteiger charge is -2.25. The van der Waals surface area contributed by atoms with Crippen molar-refractivity contribution in [3.63, 3.8) is 0 Å². The lowest BCUT2D eigenvalue weighted by molar-refractivity contribution is -0.138. The normalized spacial score (nSPS) is 22.6. The van der Waals surface area contributed by atoms with Crippen molar-refractivity contribution in [1.29, 1.82) is 0 Å². The Morgan fingerprint density at radius 1 is 1.29 bits per heavy atom. The largest absolute Gasteiger partial charge is 0.341 e. The molecule has 0 N–H and O–H groups in total. The average Bonchev–Trinajstić information content (AvgIpc) is 2.48. The van der Waals surface area contributed by atoms with E-state index in [1.54, 1.807) is 6.92 Å². The van der Waals surface area contributed by atoms with E-state index >= 15 is 0 Å². The van der Waals surface area contributed by atoms with E-state index < -0.39 is 0 Å². The average molecular weight is 197 g/mol. The fraction of sp³-hybridized carbons (Fsp3) is 0.818. The summed E-state index contributed by atoms with van der Waals surface area (Å²) in [5.74, 6) is 0.428. The van der Waals surface area contributed by atoms with Gasteiger partial charge in [-0.1, -0.05) is 20.8 Å². The Bertz CT molecular complexity index is 253. The molecule has 0 radical (unpaired) electrons. The molecule has 1 aliphatic rings. The maximum absolute atomic E-state index is 11.8. The summed E-state index contributed by atoms with van der Waals surface area (Å²) in [4.78, 5) is 24.8. The molecular weight excluding hydrogens is 178 g/mol. The van der Waals surface area contributed by atoms with Gasteiger partial charge in [0.2, 0.25) is 5.91 Å². The summed E-state index contributed by atoms with van der Waals surface area (Å²) < 4.78 is 0. The van der Waals surface area contributed by atoms with Gasteiger partial charge in [-0.3, -0.25) is 9.59 Å². The van der Waals surface area contributed by atoms with Crippen molar-refractivity contribution in [2.75, 3.05) is 13.1 Å². The smallest absolute Gasteiger partial charge is 0.227 e. The Hall–Kier alpha value is -0.860. The minimum atomic E-state index is -0.328. The van der Waals surface area contributed by atoms with E-state index in [9.17, 15) is 9.59 Å². The fourth-order valence-corrected chi connectivity index (χ4v) is 1.75. The molecule has 0 aromatic heterocycles. The van der Waals surface area contributed by atoms with Gasteiger partial charge in [-0.15, -0.1) is 0 Å². The second-order valence-electron chi connectivity index (χ2n) is 5.10. The first-order chi connectivity index (χ1) is 6.32. The van der Waals surface area contributed by atoms with E-state index in [-0.39, 0.29) is 23.0 Å². The van der Waals surface area contributed by atoms with Crippen LogP contribution in [-0.4, -0.2) is 29.7 Å². The molecule has 0 spiro atoms. The standard InChI is InChI=1S/C11H19NO2/c1-8(13)9-5-6-12(7-9)10(14)11(2,3)4/h9H,5-7H2,1-4H3. The summed E-state index contributed by atoms with van der Waals surface area (Å²) in [6.45, 7) is 8.70. The number of ketones is 1. The Kier molecular flexibility index (Phi) is 2.98. The van der Waals surface area contributed by atoms with Crippen molar-refractivity contribution in [2.24, 2.45) is 11.3 Å². The molecule has 1 unspecified atom stereocenters. The van der Waals surface area contributed by atoms with Crippen LogP contribution < -0.4 is 0 Å². The van der Waals surface area contributed by atoms with E-state index in [0.29, 0.717) is 6.54 Å². The van der Waals surface area contributed by atoms with Crippen LogP contribution in [0.25, 0.3) is 0 Å². The minimum Gasteiger partial charge on any atom is -0.341 e. The highest BCUT2D eigenvalue weighted by molar-refractivity contribution is 5.84. The second-order valence-corrected chi connectivity index (χ2v) is 5.10. The summed E-state index contributed by atoms with van der Waals surface area (Å²) in [5.41, 5.74) is -0.328. The lowest BCUT2D eigenvalue weighted by atomic mass is 9.95. The molecule has 1 atom stereocenters. The number of likely N-dealkylation sites (tertiary alicyclic amines) is 1. The topological polar surface area (TPSA) is 37.4 Å². The van der Waals surface area contributed by atoms with Crippen LogP contribution in [0.15, 0.2) is 0 Å². The summed E-state index contributed by atoms with van der Waals surface area (Å²) in [7, 11) is 0. The summed E-state index contributed by atoms with van der Waals surface area (Å²) in [6.07, 6.45) is 0.831. The van der Waals surface area contributed by atoms with Crippen molar-refractivity contribution < 1.29 is 9.59 Å². The van der Waals surface area contributed by atoms with E-state index in [4.69, 9.17) is 0 Å². The van der Waals surface area contributed by atoms with Gasteiger partial charge in [-0.05, 0) is 13.3 Å². The van der Waals surface area contributed by atoms with E-state index in [2.05, 4.69) is 0 Å². The van der Waals surface area contributed by atoms with Gasteiger partial charge in [0, 0.05) is 24.4 Å². The zero-order chi connectivity index (χ0) is 10.9. The lowest BCUT2D eigenvalue weighted by Crippen LogP contribution is -2.38. The molecule has 0 saturated carbocycles. The monoisotopic (exact) mass is 197 g/mol. The predicted molar refractivity (Wildman–Crippen MR) is 54.8 cm³/mol. The molecule has 0 aromatic carbocycles. The van der Waals surface area contributed by atoms with Crippen LogP contribution in [-0.2, 0) is 9.59 Å². The predicted octanol–water partition coefficient (Wildman–Crippen LogP) is 1.47. The number of nitrogens with zero attached hydrogens (tertiary/aromatic N) is 1. The van der Waals surface area contributed by atoms with Crippen LogP contribution in [0, 0.1) is 11.3 Å². The zero-order valence-electron chi connectivity index (χ0n) is 9.46. The van der Waals surface area contributed by atoms with Gasteiger partial charge in [-0.25, -0.2) is 0 Å². The van der Waals surface area contributed by atoms with Gasteiger partial charge in [0.25, 0.3) is 0 Å². The Labute approximate surface area is 85.5 Å². The number of Topliss-reactive ketones (excluding diaryl/α,β-unsaturated/α-hetero) is 1. The van der Waals surface area contributed by atoms with Gasteiger partial charge in [0.15, 0.2) is 0 Å². The summed E-state index contributed by atoms with van der Waals surface area (Å²) in [5, 5.41) is 0. The van der Waals surface area contributed by atoms with E-state index in [1.165, 1.54) is 0 Å². The molecule has 1 saturated heterocycles. The first-order valence-corrected chi connectivity index (χ1v) is 5.12. The van der Waals surface area contributed by atoms with Crippen LogP contribution in [0.1, 0.15) is 34.1 Å². The molecule has 0 bridgehead atoms. The van der Waals surface area contributed by atoms with Crippen molar-refractivity contribution in [3.8, 4) is 0 Å². The summed E-state index contributed by atoms with van der Waals surface area (Å²) in [6, 6.07) is 0. The number of carbonyl (C=O) groups is 2. The second kappa shape index (κ2) is 3.71. The number of rotatable bonds is 1. The highest BCUT2D eigenvalue weighted by atomic mass is 16.2. The zero-order valence-corrected chi connectivity index (χ0v) is 9.46. The van der Waals surface area contributed by atoms with Gasteiger partial charge in [-0.2, -0.15) is 0 Å². The van der Waals surface area contributed by atoms with Gasteiger partial charge in [0.05, 0.1) is 0 Å². The van der Waals surface area contributed by atoms with E-state index in [0.717, 1.165) is 13.0 Å². The maximum Gasteiger partial charge on any atom is 0.227 e. The van der Waals surface area contributed by atoms with Gasteiger partial charge < -0.3 is 4.90 Å². The Morgan fingerprint density at radius 3 is 2.21 bits per heavy atom. The van der Waals surface area contributed by atoms with Gasteiger partial charge in [0.1, 0.15) is 5.78 Å². The number of carbonyl (C=O) groups excluding carboxylic acids is 2. The molecule has 0 aromatic rings. The summed E-state index contributed by atoms with van der Waals surface area (Å²) >= 11 is 0. The molecule has 1 amide bonds. The first-order valence-electron chi connectivity index (χ1n) is 5.12. The first kappa shape index (κ1) is 11.2. The van der Waals surface area contributed by atoms with Crippen molar-refractivity contribution >= 4 is 11.7 Å². The van der Waals surface area contributed by atoms with Crippen LogP contribution >= 0.6 is 0 Å². The number of amides is 1. The number of hydrogen-bond donors (Lipinski definition) is 0. The van der Waals surface area contributed by atoms with Crippen molar-refractivity contribution in [2.45, 2.75) is 34.1 Å². The minimum absolute atomic E-state index is 0.0706. The van der Waals surface area contributed by atoms with Crippen LogP contribution in [0.3, 0.4) is 0 Å². The molecule has 0 aliphatic carbocycles. The third kappa shape index (κ3) is 2.34. The van der Waals surface area contributed by atoms with Crippen molar-refractivity contribution in [1.82, 2.24) is 4.90 Å². The Balaban J connectivity index is 2.59. The van der Waals surface area contributed by atoms with Crippen LogP contribution in [0.5, 0.6) is 0 Å². The quantitative estimate of drug-likeness (QED) is 0.638. The highest BCUT2D eigenvalue weighted by Crippen LogP contribution is 2.24. The molecule has 1 aliphatic heterocycles. The van der Waals surface area contributed by atoms with E-state index in [1.807, 2.05) is 25.7 Å². The number of hydrogen-bond acceptors (Lipinski definition) is 2. The third-order valence-electron chi connectivity index (χ3n) is 2.69. The van der Waals surface area contributed by atoms with Crippen LogP contribution in [0.2, 0.25) is 0 Å². The maximum atomic E-state index is 11.8.